The van der Waals surface area contributed by atoms with E-state index in [0.717, 1.165) is 11.6 Å². The second kappa shape index (κ2) is 6.38. The molecule has 0 N–H and O–H groups in total. The van der Waals surface area contributed by atoms with Crippen LogP contribution in [0.2, 0.25) is 0 Å². The molecule has 0 radical (unpaired) electrons. The fourth-order valence-electron chi connectivity index (χ4n) is 6.14. The summed E-state index contributed by atoms with van der Waals surface area (Å²) in [6.07, 6.45) is 0. The van der Waals surface area contributed by atoms with Crippen LogP contribution >= 0.6 is 0 Å². The van der Waals surface area contributed by atoms with Crippen LogP contribution < -0.4 is 9.80 Å². The number of nitrogens with zero attached hydrogens (tertiary/aromatic N) is 3. The Morgan fingerprint density at radius 2 is 1.35 bits per heavy atom. The molecule has 3 heterocycles. The van der Waals surface area contributed by atoms with Crippen molar-refractivity contribution in [2.24, 2.45) is 4.99 Å². The van der Waals surface area contributed by atoms with Crippen molar-refractivity contribution in [1.82, 2.24) is 0 Å². The second-order valence-electron chi connectivity index (χ2n) is 10.6. The normalized spacial score (nSPS) is 17.9. The number of aliphatic imine (C=N–C) groups is 1. The monoisotopic (exact) mass is 441 g/mol. The maximum atomic E-state index is 5.24. The third-order valence-corrected chi connectivity index (χ3v) is 7.91. The van der Waals surface area contributed by atoms with E-state index < -0.39 is 0 Å². The molecule has 0 saturated carbocycles. The van der Waals surface area contributed by atoms with Gasteiger partial charge in [-0.3, -0.25) is 9.80 Å². The van der Waals surface area contributed by atoms with Crippen LogP contribution in [0, 0.1) is 0 Å². The van der Waals surface area contributed by atoms with E-state index in [1.165, 1.54) is 44.9 Å². The van der Waals surface area contributed by atoms with Gasteiger partial charge < -0.3 is 0 Å². The lowest BCUT2D eigenvalue weighted by Gasteiger charge is -2.43. The Morgan fingerprint density at radius 1 is 0.618 bits per heavy atom. The van der Waals surface area contributed by atoms with Gasteiger partial charge in [0.05, 0.1) is 28.3 Å². The van der Waals surface area contributed by atoms with Gasteiger partial charge in [0.1, 0.15) is 0 Å². The molecule has 3 nitrogen and oxygen atoms in total. The molecule has 0 aromatic heterocycles. The lowest BCUT2D eigenvalue weighted by molar-refractivity contribution is 0.543. The van der Waals surface area contributed by atoms with Crippen LogP contribution in [0.4, 0.5) is 22.7 Å². The Kier molecular flexibility index (Phi) is 3.68. The molecule has 7 rings (SSSR count). The van der Waals surface area contributed by atoms with E-state index in [4.69, 9.17) is 4.99 Å². The number of para-hydroxylation sites is 2. The fraction of sp³-hybridized carbons (Fsp3) is 0.194. The number of benzene rings is 4. The van der Waals surface area contributed by atoms with Gasteiger partial charge in [-0.05, 0) is 60.4 Å². The summed E-state index contributed by atoms with van der Waals surface area (Å²) in [6, 6.07) is 32.9. The fourth-order valence-corrected chi connectivity index (χ4v) is 6.14. The van der Waals surface area contributed by atoms with Gasteiger partial charge in [-0.15, -0.1) is 0 Å². The van der Waals surface area contributed by atoms with Crippen LogP contribution in [-0.2, 0) is 11.0 Å². The zero-order valence-electron chi connectivity index (χ0n) is 20.0. The first-order valence-electron chi connectivity index (χ1n) is 12.0. The number of guanidine groups is 1. The van der Waals surface area contributed by atoms with Crippen LogP contribution in [0.5, 0.6) is 0 Å². The molecule has 0 aliphatic carbocycles. The standard InChI is InChI=1S/C31H27N3/c1-30(2)23-14-10-16-27-28(23)33(26-18-17-21(19-24(26)30)20-11-6-5-7-12-20)29-32-25-15-9-8-13-22(25)31(3,4)34(27)29/h5-19H,1-4H3. The Balaban J connectivity index is 1.53. The Labute approximate surface area is 201 Å². The maximum absolute atomic E-state index is 5.24. The predicted molar refractivity (Wildman–Crippen MR) is 142 cm³/mol. The van der Waals surface area contributed by atoms with E-state index in [-0.39, 0.29) is 11.0 Å². The van der Waals surface area contributed by atoms with Crippen molar-refractivity contribution >= 4 is 28.7 Å². The summed E-state index contributed by atoms with van der Waals surface area (Å²) in [5.41, 5.74) is 10.9. The molecule has 34 heavy (non-hydrogen) atoms. The zero-order chi connectivity index (χ0) is 23.2. The van der Waals surface area contributed by atoms with Crippen molar-refractivity contribution in [1.29, 1.82) is 0 Å². The maximum Gasteiger partial charge on any atom is 0.216 e. The summed E-state index contributed by atoms with van der Waals surface area (Å²) in [6.45, 7) is 9.32. The molecule has 0 atom stereocenters. The van der Waals surface area contributed by atoms with Crippen molar-refractivity contribution < 1.29 is 0 Å². The highest BCUT2D eigenvalue weighted by atomic mass is 15.5. The van der Waals surface area contributed by atoms with E-state index in [1.807, 2.05) is 0 Å². The third-order valence-electron chi connectivity index (χ3n) is 7.91. The average Bonchev–Trinajstić information content (AvgIpc) is 3.18. The van der Waals surface area contributed by atoms with Gasteiger partial charge in [0.2, 0.25) is 5.96 Å². The predicted octanol–water partition coefficient (Wildman–Crippen LogP) is 7.89. The zero-order valence-corrected chi connectivity index (χ0v) is 20.0. The lowest BCUT2D eigenvalue weighted by Crippen LogP contribution is -2.50. The summed E-state index contributed by atoms with van der Waals surface area (Å²) in [4.78, 5) is 10.1. The number of rotatable bonds is 1. The molecule has 0 saturated heterocycles. The van der Waals surface area contributed by atoms with E-state index in [0.29, 0.717) is 0 Å². The quantitative estimate of drug-likeness (QED) is 0.299. The summed E-state index contributed by atoms with van der Waals surface area (Å²) in [7, 11) is 0. The van der Waals surface area contributed by atoms with E-state index in [2.05, 4.69) is 128 Å². The minimum atomic E-state index is -0.214. The minimum absolute atomic E-state index is 0.131. The van der Waals surface area contributed by atoms with Crippen LogP contribution in [-0.4, -0.2) is 5.96 Å². The van der Waals surface area contributed by atoms with Crippen molar-refractivity contribution in [3.8, 4) is 11.1 Å². The van der Waals surface area contributed by atoms with E-state index in [1.54, 1.807) is 0 Å². The van der Waals surface area contributed by atoms with Gasteiger partial charge in [0.15, 0.2) is 0 Å². The number of anilines is 3. The molecule has 166 valence electrons. The minimum Gasteiger partial charge on any atom is -0.300 e. The van der Waals surface area contributed by atoms with Crippen LogP contribution in [0.3, 0.4) is 0 Å². The molecule has 4 aromatic carbocycles. The van der Waals surface area contributed by atoms with Crippen LogP contribution in [0.15, 0.2) is 96.0 Å². The number of fused-ring (bicyclic) bond motifs is 6. The second-order valence-corrected chi connectivity index (χ2v) is 10.6. The summed E-state index contributed by atoms with van der Waals surface area (Å²) in [5, 5.41) is 0. The molecule has 4 aromatic rings. The Morgan fingerprint density at radius 3 is 2.18 bits per heavy atom. The lowest BCUT2D eigenvalue weighted by atomic mass is 9.73. The molecule has 0 spiro atoms. The molecular weight excluding hydrogens is 414 g/mol. The van der Waals surface area contributed by atoms with Crippen molar-refractivity contribution in [3.63, 3.8) is 0 Å². The average molecular weight is 442 g/mol. The number of hydrogen-bond acceptors (Lipinski definition) is 3. The molecule has 3 aliphatic heterocycles. The van der Waals surface area contributed by atoms with E-state index >= 15 is 0 Å². The van der Waals surface area contributed by atoms with Crippen molar-refractivity contribution in [3.05, 3.63) is 108 Å². The highest BCUT2D eigenvalue weighted by molar-refractivity contribution is 6.24. The molecule has 0 fully saturated rings. The largest absolute Gasteiger partial charge is 0.300 e. The highest BCUT2D eigenvalue weighted by Gasteiger charge is 2.51. The Bertz CT molecular complexity index is 1510. The number of hydrogen-bond donors (Lipinski definition) is 0. The highest BCUT2D eigenvalue weighted by Crippen LogP contribution is 2.59. The van der Waals surface area contributed by atoms with Gasteiger partial charge in [0.25, 0.3) is 0 Å². The summed E-state index contributed by atoms with van der Waals surface area (Å²) in [5.74, 6) is 0.996. The smallest absolute Gasteiger partial charge is 0.216 e. The van der Waals surface area contributed by atoms with Gasteiger partial charge in [-0.25, -0.2) is 4.99 Å². The Hall–Kier alpha value is -3.85. The SMILES string of the molecule is CC1(C)c2cc(-c3ccccc3)ccc2N2C3=Nc4ccccc4C(C)(C)N3c3cccc1c32. The topological polar surface area (TPSA) is 18.8 Å². The first kappa shape index (κ1) is 19.6. The van der Waals surface area contributed by atoms with Crippen molar-refractivity contribution in [2.75, 3.05) is 9.80 Å². The molecule has 0 amide bonds. The van der Waals surface area contributed by atoms with E-state index in [9.17, 15) is 0 Å². The first-order valence-corrected chi connectivity index (χ1v) is 12.0. The molecule has 0 bridgehead atoms. The first-order chi connectivity index (χ1) is 16.4. The summed E-state index contributed by atoms with van der Waals surface area (Å²) >= 11 is 0. The van der Waals surface area contributed by atoms with Crippen LogP contribution in [0.25, 0.3) is 11.1 Å². The molecule has 3 heteroatoms. The van der Waals surface area contributed by atoms with Gasteiger partial charge >= 0.3 is 0 Å². The van der Waals surface area contributed by atoms with Gasteiger partial charge in [-0.1, -0.05) is 80.6 Å². The molecule has 0 unspecified atom stereocenters. The van der Waals surface area contributed by atoms with Gasteiger partial charge in [0, 0.05) is 11.0 Å². The van der Waals surface area contributed by atoms with Crippen LogP contribution in [0.1, 0.15) is 44.4 Å². The summed E-state index contributed by atoms with van der Waals surface area (Å²) < 4.78 is 0. The van der Waals surface area contributed by atoms with Gasteiger partial charge in [-0.2, -0.15) is 0 Å². The third kappa shape index (κ3) is 2.34. The molecular formula is C31H27N3. The van der Waals surface area contributed by atoms with Crippen molar-refractivity contribution in [2.45, 2.75) is 38.6 Å². The molecule has 3 aliphatic rings.